The highest BCUT2D eigenvalue weighted by atomic mass is 127. The molecule has 0 nitrogen and oxygen atoms in total. The largest absolute Gasteiger partial charge is 0.0823 e. The van der Waals surface area contributed by atoms with Crippen LogP contribution in [0.4, 0.5) is 0 Å². The first-order chi connectivity index (χ1) is 3.80. The second kappa shape index (κ2) is 3.04. The van der Waals surface area contributed by atoms with E-state index in [1.54, 1.807) is 0 Å². The fourth-order valence-corrected chi connectivity index (χ4v) is 2.07. The van der Waals surface area contributed by atoms with Crippen LogP contribution in [-0.2, 0) is 0 Å². The van der Waals surface area contributed by atoms with Crippen LogP contribution in [0.25, 0.3) is 0 Å². The third-order valence-corrected chi connectivity index (χ3v) is 3.86. The molecule has 0 amide bonds. The summed E-state index contributed by atoms with van der Waals surface area (Å²) in [6.07, 6.45) is 5.87. The normalized spacial score (nSPS) is 39.8. The van der Waals surface area contributed by atoms with Crippen molar-refractivity contribution in [3.63, 3.8) is 0 Å². The molecule has 0 heterocycles. The lowest BCUT2D eigenvalue weighted by molar-refractivity contribution is 0.409. The van der Waals surface area contributed by atoms with E-state index in [4.69, 9.17) is 0 Å². The molecule has 0 aromatic heterocycles. The average Bonchev–Trinajstić information content (AvgIpc) is 1.77. The summed E-state index contributed by atoms with van der Waals surface area (Å²) in [6.45, 7) is 2.37. The molecule has 8 heavy (non-hydrogen) atoms. The van der Waals surface area contributed by atoms with Crippen LogP contribution >= 0.6 is 22.6 Å². The standard InChI is InChI=1S/C7H13I/c1-6-4-2-3-5-7(6)8/h6-7H,2-5H2,1H3/t6-,7-/m1/s1. The van der Waals surface area contributed by atoms with E-state index < -0.39 is 0 Å². The van der Waals surface area contributed by atoms with Gasteiger partial charge in [-0.3, -0.25) is 0 Å². The molecule has 0 aromatic carbocycles. The topological polar surface area (TPSA) is 0 Å². The van der Waals surface area contributed by atoms with Gasteiger partial charge in [-0.2, -0.15) is 0 Å². The van der Waals surface area contributed by atoms with Gasteiger partial charge in [0.1, 0.15) is 0 Å². The summed E-state index contributed by atoms with van der Waals surface area (Å²) >= 11 is 2.58. The summed E-state index contributed by atoms with van der Waals surface area (Å²) in [7, 11) is 0. The van der Waals surface area contributed by atoms with Crippen molar-refractivity contribution in [1.29, 1.82) is 0 Å². The van der Waals surface area contributed by atoms with Crippen molar-refractivity contribution < 1.29 is 0 Å². The first-order valence-corrected chi connectivity index (χ1v) is 4.69. The Morgan fingerprint density at radius 1 is 1.25 bits per heavy atom. The van der Waals surface area contributed by atoms with Crippen LogP contribution < -0.4 is 0 Å². The molecule has 0 spiro atoms. The van der Waals surface area contributed by atoms with Gasteiger partial charge in [-0.25, -0.2) is 0 Å². The molecule has 1 rings (SSSR count). The third-order valence-electron chi connectivity index (χ3n) is 2.01. The SMILES string of the molecule is C[C@@H]1CCCC[C@H]1I. The molecule has 1 saturated carbocycles. The summed E-state index contributed by atoms with van der Waals surface area (Å²) in [5.41, 5.74) is 0. The van der Waals surface area contributed by atoms with Gasteiger partial charge in [0.15, 0.2) is 0 Å². The molecule has 0 aromatic rings. The lowest BCUT2D eigenvalue weighted by Gasteiger charge is -2.23. The van der Waals surface area contributed by atoms with Gasteiger partial charge in [0.2, 0.25) is 0 Å². The molecule has 0 radical (unpaired) electrons. The van der Waals surface area contributed by atoms with E-state index in [0.29, 0.717) is 0 Å². The highest BCUT2D eigenvalue weighted by molar-refractivity contribution is 14.1. The van der Waals surface area contributed by atoms with Gasteiger partial charge in [-0.1, -0.05) is 42.4 Å². The minimum atomic E-state index is 0.973. The van der Waals surface area contributed by atoms with E-state index >= 15 is 0 Å². The zero-order chi connectivity index (χ0) is 5.98. The van der Waals surface area contributed by atoms with E-state index in [2.05, 4.69) is 29.5 Å². The highest BCUT2D eigenvalue weighted by Crippen LogP contribution is 2.29. The van der Waals surface area contributed by atoms with Crippen molar-refractivity contribution in [2.45, 2.75) is 36.5 Å². The zero-order valence-corrected chi connectivity index (χ0v) is 7.52. The average molecular weight is 224 g/mol. The first kappa shape index (κ1) is 6.84. The number of rotatable bonds is 0. The fraction of sp³-hybridized carbons (Fsp3) is 1.00. The van der Waals surface area contributed by atoms with Crippen LogP contribution in [0.2, 0.25) is 0 Å². The Bertz CT molecular complexity index is 60.8. The van der Waals surface area contributed by atoms with Gasteiger partial charge in [0.05, 0.1) is 0 Å². The molecule has 1 heteroatoms. The lowest BCUT2D eigenvalue weighted by atomic mass is 9.91. The van der Waals surface area contributed by atoms with Crippen molar-refractivity contribution >= 4 is 22.6 Å². The molecule has 1 aliphatic carbocycles. The Labute approximate surface area is 65.2 Å². The Hall–Kier alpha value is 0.730. The molecule has 0 unspecified atom stereocenters. The van der Waals surface area contributed by atoms with Crippen molar-refractivity contribution in [3.05, 3.63) is 0 Å². The Morgan fingerprint density at radius 2 is 1.88 bits per heavy atom. The summed E-state index contributed by atoms with van der Waals surface area (Å²) < 4.78 is 0.973. The van der Waals surface area contributed by atoms with Gasteiger partial charge in [0.25, 0.3) is 0 Å². The van der Waals surface area contributed by atoms with E-state index in [1.165, 1.54) is 25.7 Å². The minimum Gasteiger partial charge on any atom is -0.0823 e. The number of halogens is 1. The minimum absolute atomic E-state index is 0.973. The van der Waals surface area contributed by atoms with Gasteiger partial charge in [-0.15, -0.1) is 0 Å². The van der Waals surface area contributed by atoms with Gasteiger partial charge in [-0.05, 0) is 18.8 Å². The zero-order valence-electron chi connectivity index (χ0n) is 5.36. The molecule has 0 aliphatic heterocycles. The molecule has 2 atom stereocenters. The molecular formula is C7H13I. The first-order valence-electron chi connectivity index (χ1n) is 3.45. The van der Waals surface area contributed by atoms with Crippen molar-refractivity contribution in [3.8, 4) is 0 Å². The molecule has 0 saturated heterocycles. The van der Waals surface area contributed by atoms with Crippen LogP contribution in [0, 0.1) is 5.92 Å². The van der Waals surface area contributed by atoms with Gasteiger partial charge < -0.3 is 0 Å². The van der Waals surface area contributed by atoms with Gasteiger partial charge >= 0.3 is 0 Å². The number of alkyl halides is 1. The smallest absolute Gasteiger partial charge is 0.0135 e. The van der Waals surface area contributed by atoms with Crippen LogP contribution in [0.1, 0.15) is 32.6 Å². The Morgan fingerprint density at radius 3 is 2.25 bits per heavy atom. The Kier molecular flexibility index (Phi) is 2.60. The quantitative estimate of drug-likeness (QED) is 0.438. The van der Waals surface area contributed by atoms with Crippen molar-refractivity contribution in [1.82, 2.24) is 0 Å². The summed E-state index contributed by atoms with van der Waals surface area (Å²) in [6, 6.07) is 0. The monoisotopic (exact) mass is 224 g/mol. The highest BCUT2D eigenvalue weighted by Gasteiger charge is 2.17. The summed E-state index contributed by atoms with van der Waals surface area (Å²) in [4.78, 5) is 0. The maximum Gasteiger partial charge on any atom is 0.0135 e. The van der Waals surface area contributed by atoms with Crippen molar-refractivity contribution in [2.24, 2.45) is 5.92 Å². The van der Waals surface area contributed by atoms with E-state index in [9.17, 15) is 0 Å². The van der Waals surface area contributed by atoms with Crippen LogP contribution in [-0.4, -0.2) is 3.92 Å². The summed E-state index contributed by atoms with van der Waals surface area (Å²) in [5, 5.41) is 0. The van der Waals surface area contributed by atoms with Crippen LogP contribution in [0.5, 0.6) is 0 Å². The van der Waals surface area contributed by atoms with E-state index in [-0.39, 0.29) is 0 Å². The summed E-state index contributed by atoms with van der Waals surface area (Å²) in [5.74, 6) is 0.990. The molecule has 0 N–H and O–H groups in total. The Balaban J connectivity index is 2.28. The molecule has 1 fully saturated rings. The maximum atomic E-state index is 2.58. The second-order valence-electron chi connectivity index (χ2n) is 2.78. The molecule has 48 valence electrons. The predicted molar refractivity (Wildman–Crippen MR) is 45.4 cm³/mol. The molecule has 1 aliphatic rings. The van der Waals surface area contributed by atoms with E-state index in [0.717, 1.165) is 9.84 Å². The molecule has 0 bridgehead atoms. The molecular weight excluding hydrogens is 211 g/mol. The predicted octanol–water partition coefficient (Wildman–Crippen LogP) is 3.00. The third kappa shape index (κ3) is 1.61. The van der Waals surface area contributed by atoms with Crippen LogP contribution in [0.15, 0.2) is 0 Å². The second-order valence-corrected chi connectivity index (χ2v) is 4.38. The number of hydrogen-bond donors (Lipinski definition) is 0. The van der Waals surface area contributed by atoms with Crippen LogP contribution in [0.3, 0.4) is 0 Å². The maximum absolute atomic E-state index is 2.58. The fourth-order valence-electron chi connectivity index (χ4n) is 1.27. The van der Waals surface area contributed by atoms with Gasteiger partial charge in [0, 0.05) is 3.92 Å². The van der Waals surface area contributed by atoms with Crippen molar-refractivity contribution in [2.75, 3.05) is 0 Å². The number of hydrogen-bond acceptors (Lipinski definition) is 0. The lowest BCUT2D eigenvalue weighted by Crippen LogP contribution is -2.15. The van der Waals surface area contributed by atoms with E-state index in [1.807, 2.05) is 0 Å².